The molecule has 0 fully saturated rings. The molecule has 132 valence electrons. The molecule has 1 unspecified atom stereocenters. The van der Waals surface area contributed by atoms with E-state index < -0.39 is 14.9 Å². The van der Waals surface area contributed by atoms with Crippen LogP contribution in [0.25, 0.3) is 0 Å². The highest BCUT2D eigenvalue weighted by molar-refractivity contribution is 7.92. The van der Waals surface area contributed by atoms with Crippen LogP contribution < -0.4 is 9.62 Å². The number of benzene rings is 2. The van der Waals surface area contributed by atoms with Crippen molar-refractivity contribution in [2.24, 2.45) is 0 Å². The number of nitro benzene ring substituents is 1. The van der Waals surface area contributed by atoms with Crippen LogP contribution in [0.3, 0.4) is 0 Å². The average Bonchev–Trinajstić information content (AvgIpc) is 2.75. The Labute approximate surface area is 146 Å². The van der Waals surface area contributed by atoms with Crippen LogP contribution in [-0.2, 0) is 16.6 Å². The maximum atomic E-state index is 13.2. The number of nitrogens with zero attached hydrogens (tertiary/aromatic N) is 2. The molecule has 0 spiro atoms. The summed E-state index contributed by atoms with van der Waals surface area (Å²) in [5.41, 5.74) is 1.70. The molecule has 0 saturated carbocycles. The molecule has 8 heteroatoms. The first-order valence-electron chi connectivity index (χ1n) is 7.90. The van der Waals surface area contributed by atoms with E-state index in [2.05, 4.69) is 5.32 Å². The summed E-state index contributed by atoms with van der Waals surface area (Å²) in [6.07, 6.45) is 0. The van der Waals surface area contributed by atoms with Gasteiger partial charge in [-0.25, -0.2) is 8.42 Å². The Kier molecular flexibility index (Phi) is 4.49. The van der Waals surface area contributed by atoms with Crippen LogP contribution in [-0.4, -0.2) is 25.9 Å². The molecule has 1 atom stereocenters. The van der Waals surface area contributed by atoms with Gasteiger partial charge in [0.05, 0.1) is 15.5 Å². The van der Waals surface area contributed by atoms with Gasteiger partial charge in [0.2, 0.25) is 0 Å². The molecule has 0 bridgehead atoms. The molecular formula is C17H19N3O4S. The minimum absolute atomic E-state index is 0.0531. The number of fused-ring (bicyclic) bond motifs is 1. The lowest BCUT2D eigenvalue weighted by molar-refractivity contribution is -0.385. The summed E-state index contributed by atoms with van der Waals surface area (Å²) in [7, 11) is -3.92. The highest BCUT2D eigenvalue weighted by Crippen LogP contribution is 2.31. The number of nitrogens with one attached hydrogen (secondary N) is 1. The van der Waals surface area contributed by atoms with Gasteiger partial charge in [0.25, 0.3) is 15.7 Å². The van der Waals surface area contributed by atoms with Crippen LogP contribution in [0, 0.1) is 17.0 Å². The van der Waals surface area contributed by atoms with Gasteiger partial charge in [0.15, 0.2) is 0 Å². The monoisotopic (exact) mass is 361 g/mol. The first-order chi connectivity index (χ1) is 11.8. The number of nitro groups is 1. The highest BCUT2D eigenvalue weighted by atomic mass is 32.2. The molecule has 0 aliphatic carbocycles. The van der Waals surface area contributed by atoms with Crippen molar-refractivity contribution in [2.45, 2.75) is 31.3 Å². The quantitative estimate of drug-likeness (QED) is 0.670. The third-order valence-electron chi connectivity index (χ3n) is 4.31. The van der Waals surface area contributed by atoms with Crippen LogP contribution in [0.2, 0.25) is 0 Å². The van der Waals surface area contributed by atoms with Gasteiger partial charge in [-0.1, -0.05) is 24.3 Å². The molecule has 1 aliphatic heterocycles. The van der Waals surface area contributed by atoms with Crippen molar-refractivity contribution >= 4 is 21.4 Å². The average molecular weight is 361 g/mol. The fourth-order valence-corrected chi connectivity index (χ4v) is 4.51. The molecule has 7 nitrogen and oxygen atoms in total. The number of hydrogen-bond donors (Lipinski definition) is 1. The number of hydrogen-bond acceptors (Lipinski definition) is 5. The van der Waals surface area contributed by atoms with Crippen molar-refractivity contribution in [3.05, 3.63) is 63.7 Å². The van der Waals surface area contributed by atoms with Crippen molar-refractivity contribution < 1.29 is 13.3 Å². The third-order valence-corrected chi connectivity index (χ3v) is 6.08. The number of anilines is 1. The Hall–Kier alpha value is -2.45. The smallest absolute Gasteiger partial charge is 0.273 e. The Morgan fingerprint density at radius 3 is 2.68 bits per heavy atom. The van der Waals surface area contributed by atoms with Gasteiger partial charge in [0.1, 0.15) is 0 Å². The van der Waals surface area contributed by atoms with Gasteiger partial charge < -0.3 is 5.32 Å². The summed E-state index contributed by atoms with van der Waals surface area (Å²) in [5.74, 6) is 0. The van der Waals surface area contributed by atoms with E-state index in [-0.39, 0.29) is 23.2 Å². The number of para-hydroxylation sites is 1. The van der Waals surface area contributed by atoms with Crippen LogP contribution in [0.15, 0.2) is 47.4 Å². The summed E-state index contributed by atoms with van der Waals surface area (Å²) < 4.78 is 27.8. The van der Waals surface area contributed by atoms with Crippen molar-refractivity contribution in [2.75, 3.05) is 10.8 Å². The maximum Gasteiger partial charge on any atom is 0.273 e. The third kappa shape index (κ3) is 3.22. The minimum atomic E-state index is -3.92. The second-order valence-electron chi connectivity index (χ2n) is 6.15. The van der Waals surface area contributed by atoms with E-state index in [4.69, 9.17) is 0 Å². The number of sulfonamides is 1. The zero-order chi connectivity index (χ0) is 18.2. The van der Waals surface area contributed by atoms with Crippen molar-refractivity contribution in [3.63, 3.8) is 0 Å². The normalized spacial score (nSPS) is 17.7. The predicted molar refractivity (Wildman–Crippen MR) is 95.1 cm³/mol. The predicted octanol–water partition coefficient (Wildman–Crippen LogP) is 2.59. The van der Waals surface area contributed by atoms with Crippen molar-refractivity contribution in [3.8, 4) is 0 Å². The summed E-state index contributed by atoms with van der Waals surface area (Å²) in [6, 6.07) is 11.3. The largest absolute Gasteiger partial charge is 0.308 e. The maximum absolute atomic E-state index is 13.2. The minimum Gasteiger partial charge on any atom is -0.308 e. The van der Waals surface area contributed by atoms with E-state index in [9.17, 15) is 18.5 Å². The summed E-state index contributed by atoms with van der Waals surface area (Å²) >= 11 is 0. The van der Waals surface area contributed by atoms with Gasteiger partial charge in [0, 0.05) is 30.8 Å². The SMILES string of the molecule is Cc1ccc(S(=O)(=O)N2CC(C)NCc3ccccc32)cc1[N+](=O)[O-]. The molecule has 0 aromatic heterocycles. The van der Waals surface area contributed by atoms with Gasteiger partial charge in [-0.15, -0.1) is 0 Å². The topological polar surface area (TPSA) is 92.6 Å². The van der Waals surface area contributed by atoms with Crippen LogP contribution in [0.5, 0.6) is 0 Å². The van der Waals surface area contributed by atoms with Crippen LogP contribution in [0.4, 0.5) is 11.4 Å². The first-order valence-corrected chi connectivity index (χ1v) is 9.34. The highest BCUT2D eigenvalue weighted by Gasteiger charge is 2.31. The van der Waals surface area contributed by atoms with Crippen LogP contribution in [0.1, 0.15) is 18.1 Å². The summed E-state index contributed by atoms with van der Waals surface area (Å²) in [4.78, 5) is 10.5. The molecule has 2 aromatic rings. The lowest BCUT2D eigenvalue weighted by atomic mass is 10.2. The molecule has 0 saturated heterocycles. The van der Waals surface area contributed by atoms with Crippen LogP contribution >= 0.6 is 0 Å². The lowest BCUT2D eigenvalue weighted by Gasteiger charge is -2.26. The molecule has 2 aromatic carbocycles. The second-order valence-corrected chi connectivity index (χ2v) is 8.01. The standard InChI is InChI=1S/C17H19N3O4S/c1-12-7-8-15(9-17(12)20(21)22)25(23,24)19-11-13(2)18-10-14-5-3-4-6-16(14)19/h3-9,13,18H,10-11H2,1-2H3. The van der Waals surface area contributed by atoms with E-state index in [0.717, 1.165) is 11.6 Å². The zero-order valence-electron chi connectivity index (χ0n) is 14.0. The van der Waals surface area contributed by atoms with E-state index in [1.807, 2.05) is 19.1 Å². The summed E-state index contributed by atoms with van der Waals surface area (Å²) in [5, 5.41) is 14.4. The molecule has 1 aliphatic rings. The molecule has 25 heavy (non-hydrogen) atoms. The second kappa shape index (κ2) is 6.45. The Bertz CT molecular complexity index is 927. The molecular weight excluding hydrogens is 342 g/mol. The van der Waals surface area contributed by atoms with Crippen molar-refractivity contribution in [1.29, 1.82) is 0 Å². The van der Waals surface area contributed by atoms with E-state index >= 15 is 0 Å². The zero-order valence-corrected chi connectivity index (χ0v) is 14.8. The van der Waals surface area contributed by atoms with Gasteiger partial charge in [-0.05, 0) is 31.5 Å². The molecule has 1 heterocycles. The Balaban J connectivity index is 2.14. The molecule has 3 rings (SSSR count). The van der Waals surface area contributed by atoms with Gasteiger partial charge in [-0.3, -0.25) is 14.4 Å². The fraction of sp³-hybridized carbons (Fsp3) is 0.294. The lowest BCUT2D eigenvalue weighted by Crippen LogP contribution is -2.39. The Morgan fingerprint density at radius 1 is 1.24 bits per heavy atom. The first kappa shape index (κ1) is 17.4. The van der Waals surface area contributed by atoms with E-state index in [0.29, 0.717) is 17.8 Å². The molecule has 0 amide bonds. The number of aryl methyl sites for hydroxylation is 1. The fourth-order valence-electron chi connectivity index (χ4n) is 2.90. The summed E-state index contributed by atoms with van der Waals surface area (Å²) in [6.45, 7) is 4.31. The molecule has 0 radical (unpaired) electrons. The van der Waals surface area contributed by atoms with E-state index in [1.165, 1.54) is 16.4 Å². The number of rotatable bonds is 3. The van der Waals surface area contributed by atoms with Crippen molar-refractivity contribution in [1.82, 2.24) is 5.32 Å². The molecule has 1 N–H and O–H groups in total. The van der Waals surface area contributed by atoms with Gasteiger partial charge >= 0.3 is 0 Å². The van der Waals surface area contributed by atoms with E-state index in [1.54, 1.807) is 19.1 Å². The van der Waals surface area contributed by atoms with Gasteiger partial charge in [-0.2, -0.15) is 0 Å². The Morgan fingerprint density at radius 2 is 1.96 bits per heavy atom.